The lowest BCUT2D eigenvalue weighted by atomic mass is 9.84. The van der Waals surface area contributed by atoms with Crippen molar-refractivity contribution >= 4 is 5.91 Å². The van der Waals surface area contributed by atoms with E-state index in [1.807, 2.05) is 13.8 Å². The first-order valence-electron chi connectivity index (χ1n) is 7.64. The molecule has 0 aromatic heterocycles. The number of amides is 1. The van der Waals surface area contributed by atoms with Crippen LogP contribution in [0.2, 0.25) is 0 Å². The topological polar surface area (TPSA) is 47.6 Å². The molecule has 0 saturated carbocycles. The summed E-state index contributed by atoms with van der Waals surface area (Å²) in [6, 6.07) is 11.5. The minimum atomic E-state index is -0.349. The van der Waals surface area contributed by atoms with Gasteiger partial charge in [0.1, 0.15) is 22.9 Å². The van der Waals surface area contributed by atoms with Gasteiger partial charge in [-0.05, 0) is 29.8 Å². The number of benzene rings is 2. The summed E-state index contributed by atoms with van der Waals surface area (Å²) in [6.45, 7) is 4.36. The predicted molar refractivity (Wildman–Crippen MR) is 91.3 cm³/mol. The lowest BCUT2D eigenvalue weighted by Crippen LogP contribution is -2.37. The second-order valence-corrected chi connectivity index (χ2v) is 6.11. The van der Waals surface area contributed by atoms with Crippen LogP contribution in [0.5, 0.6) is 11.5 Å². The molecule has 4 nitrogen and oxygen atoms in total. The zero-order valence-corrected chi connectivity index (χ0v) is 14.4. The van der Waals surface area contributed by atoms with E-state index in [4.69, 9.17) is 9.47 Å². The monoisotopic (exact) mass is 331 g/mol. The van der Waals surface area contributed by atoms with Gasteiger partial charge in [0.15, 0.2) is 0 Å². The molecule has 2 aromatic carbocycles. The second kappa shape index (κ2) is 7.34. The highest BCUT2D eigenvalue weighted by Crippen LogP contribution is 2.28. The van der Waals surface area contributed by atoms with Crippen LogP contribution in [-0.4, -0.2) is 26.7 Å². The molecule has 0 heterocycles. The van der Waals surface area contributed by atoms with Crippen molar-refractivity contribution in [3.05, 3.63) is 59.4 Å². The molecule has 0 saturated heterocycles. The molecule has 0 fully saturated rings. The molecule has 2 rings (SSSR count). The fourth-order valence-corrected chi connectivity index (χ4v) is 2.47. The molecule has 0 aliphatic heterocycles. The number of nitrogens with one attached hydrogen (secondary N) is 1. The van der Waals surface area contributed by atoms with Crippen LogP contribution < -0.4 is 14.8 Å². The van der Waals surface area contributed by atoms with Crippen LogP contribution in [0.15, 0.2) is 42.5 Å². The first-order chi connectivity index (χ1) is 11.4. The van der Waals surface area contributed by atoms with E-state index in [1.54, 1.807) is 30.3 Å². The fraction of sp³-hybridized carbons (Fsp3) is 0.316. The van der Waals surface area contributed by atoms with E-state index in [0.717, 1.165) is 5.56 Å². The Kier molecular flexibility index (Phi) is 5.44. The van der Waals surface area contributed by atoms with Crippen molar-refractivity contribution in [2.24, 2.45) is 0 Å². The quantitative estimate of drug-likeness (QED) is 0.880. The van der Waals surface area contributed by atoms with E-state index in [9.17, 15) is 9.18 Å². The Labute approximate surface area is 141 Å². The number of carbonyl (C=O) groups excluding carboxylic acids is 1. The number of hydrogen-bond acceptors (Lipinski definition) is 3. The van der Waals surface area contributed by atoms with Crippen molar-refractivity contribution in [3.8, 4) is 11.5 Å². The van der Waals surface area contributed by atoms with Crippen molar-refractivity contribution in [1.29, 1.82) is 0 Å². The predicted octanol–water partition coefficient (Wildman–Crippen LogP) is 3.55. The normalized spacial score (nSPS) is 11.0. The summed E-state index contributed by atoms with van der Waals surface area (Å²) in [5, 5.41) is 2.91. The Morgan fingerprint density at radius 2 is 1.58 bits per heavy atom. The largest absolute Gasteiger partial charge is 0.496 e. The molecule has 1 amide bonds. The summed E-state index contributed by atoms with van der Waals surface area (Å²) < 4.78 is 23.6. The Morgan fingerprint density at radius 3 is 2.08 bits per heavy atom. The van der Waals surface area contributed by atoms with E-state index < -0.39 is 0 Å². The summed E-state index contributed by atoms with van der Waals surface area (Å²) in [5.41, 5.74) is 0.951. The molecule has 24 heavy (non-hydrogen) atoms. The number of carbonyl (C=O) groups is 1. The van der Waals surface area contributed by atoms with Crippen molar-refractivity contribution in [1.82, 2.24) is 5.32 Å². The summed E-state index contributed by atoms with van der Waals surface area (Å²) in [4.78, 5) is 12.6. The highest BCUT2D eigenvalue weighted by atomic mass is 19.1. The number of methoxy groups -OCH3 is 2. The number of halogens is 1. The maximum Gasteiger partial charge on any atom is 0.258 e. The zero-order chi connectivity index (χ0) is 17.7. The number of hydrogen-bond donors (Lipinski definition) is 1. The second-order valence-electron chi connectivity index (χ2n) is 6.11. The van der Waals surface area contributed by atoms with Gasteiger partial charge in [0, 0.05) is 12.0 Å². The van der Waals surface area contributed by atoms with E-state index in [2.05, 4.69) is 5.32 Å². The van der Waals surface area contributed by atoms with Gasteiger partial charge in [-0.1, -0.05) is 32.0 Å². The van der Waals surface area contributed by atoms with Crippen LogP contribution in [0.3, 0.4) is 0 Å². The highest BCUT2D eigenvalue weighted by Gasteiger charge is 2.24. The van der Waals surface area contributed by atoms with Gasteiger partial charge in [-0.3, -0.25) is 4.79 Å². The van der Waals surface area contributed by atoms with Gasteiger partial charge in [0.2, 0.25) is 0 Å². The molecule has 0 spiro atoms. The van der Waals surface area contributed by atoms with Crippen LogP contribution in [0, 0.1) is 5.82 Å². The minimum absolute atomic E-state index is 0.278. The van der Waals surface area contributed by atoms with Crippen molar-refractivity contribution in [2.75, 3.05) is 20.8 Å². The van der Waals surface area contributed by atoms with Crippen molar-refractivity contribution in [2.45, 2.75) is 19.3 Å². The van der Waals surface area contributed by atoms with Gasteiger partial charge in [0.25, 0.3) is 5.91 Å². The number of ether oxygens (including phenoxy) is 2. The Bertz CT molecular complexity index is 689. The first-order valence-corrected chi connectivity index (χ1v) is 7.64. The third-order valence-electron chi connectivity index (χ3n) is 3.97. The molecule has 5 heteroatoms. The van der Waals surface area contributed by atoms with Gasteiger partial charge >= 0.3 is 0 Å². The summed E-state index contributed by atoms with van der Waals surface area (Å²) in [7, 11) is 3.02. The average Bonchev–Trinajstić information content (AvgIpc) is 2.59. The third kappa shape index (κ3) is 3.85. The molecule has 0 aliphatic carbocycles. The summed E-state index contributed by atoms with van der Waals surface area (Å²) >= 11 is 0. The standard InChI is InChI=1S/C19H22FNO3/c1-19(2,13-8-10-14(20)11-9-13)12-21-18(22)17-15(23-3)6-5-7-16(17)24-4/h5-11H,12H2,1-4H3,(H,21,22). The molecule has 0 unspecified atom stereocenters. The van der Waals surface area contributed by atoms with Gasteiger partial charge in [-0.2, -0.15) is 0 Å². The minimum Gasteiger partial charge on any atom is -0.496 e. The van der Waals surface area contributed by atoms with E-state index in [-0.39, 0.29) is 17.1 Å². The smallest absolute Gasteiger partial charge is 0.258 e. The SMILES string of the molecule is COc1cccc(OC)c1C(=O)NCC(C)(C)c1ccc(F)cc1. The molecular formula is C19H22FNO3. The lowest BCUT2D eigenvalue weighted by Gasteiger charge is -2.26. The average molecular weight is 331 g/mol. The van der Waals surface area contributed by atoms with Crippen LogP contribution in [0.1, 0.15) is 29.8 Å². The Hall–Kier alpha value is -2.56. The van der Waals surface area contributed by atoms with Gasteiger partial charge < -0.3 is 14.8 Å². The molecule has 128 valence electrons. The van der Waals surface area contributed by atoms with Gasteiger partial charge in [0.05, 0.1) is 14.2 Å². The third-order valence-corrected chi connectivity index (χ3v) is 3.97. The molecule has 2 aromatic rings. The van der Waals surface area contributed by atoms with Crippen LogP contribution in [0.4, 0.5) is 4.39 Å². The molecule has 1 N–H and O–H groups in total. The molecular weight excluding hydrogens is 309 g/mol. The molecule has 0 bridgehead atoms. The highest BCUT2D eigenvalue weighted by molar-refractivity contribution is 5.99. The Morgan fingerprint density at radius 1 is 1.04 bits per heavy atom. The molecule has 0 atom stereocenters. The molecule has 0 radical (unpaired) electrons. The van der Waals surface area contributed by atoms with Gasteiger partial charge in [-0.15, -0.1) is 0 Å². The summed E-state index contributed by atoms with van der Waals surface area (Å²) in [5.74, 6) is 0.342. The van der Waals surface area contributed by atoms with Crippen LogP contribution in [-0.2, 0) is 5.41 Å². The molecule has 0 aliphatic rings. The van der Waals surface area contributed by atoms with E-state index >= 15 is 0 Å². The Balaban J connectivity index is 2.17. The lowest BCUT2D eigenvalue weighted by molar-refractivity contribution is 0.0939. The first kappa shape index (κ1) is 17.8. The van der Waals surface area contributed by atoms with Crippen LogP contribution >= 0.6 is 0 Å². The van der Waals surface area contributed by atoms with Crippen LogP contribution in [0.25, 0.3) is 0 Å². The van der Waals surface area contributed by atoms with E-state index in [1.165, 1.54) is 26.4 Å². The maximum absolute atomic E-state index is 13.1. The number of rotatable bonds is 6. The fourth-order valence-electron chi connectivity index (χ4n) is 2.47. The van der Waals surface area contributed by atoms with Crippen molar-refractivity contribution in [3.63, 3.8) is 0 Å². The maximum atomic E-state index is 13.1. The van der Waals surface area contributed by atoms with Crippen molar-refractivity contribution < 1.29 is 18.7 Å². The zero-order valence-electron chi connectivity index (χ0n) is 14.4. The van der Waals surface area contributed by atoms with E-state index in [0.29, 0.717) is 23.6 Å². The summed E-state index contributed by atoms with van der Waals surface area (Å²) in [6.07, 6.45) is 0. The van der Waals surface area contributed by atoms with Gasteiger partial charge in [-0.25, -0.2) is 4.39 Å².